The van der Waals surface area contributed by atoms with Crippen LogP contribution in [0.25, 0.3) is 0 Å². The van der Waals surface area contributed by atoms with E-state index in [0.717, 1.165) is 25.6 Å². The summed E-state index contributed by atoms with van der Waals surface area (Å²) in [7, 11) is 6.20. The molecule has 1 unspecified atom stereocenters. The molecule has 1 aliphatic rings. The van der Waals surface area contributed by atoms with Crippen LogP contribution in [0.2, 0.25) is 0 Å². The Bertz CT molecular complexity index is 504. The summed E-state index contributed by atoms with van der Waals surface area (Å²) in [5.41, 5.74) is 1.46. The molecule has 26 heavy (non-hydrogen) atoms. The largest absolute Gasteiger partial charge is 0.356 e. The smallest absolute Gasteiger partial charge is 0.193 e. The number of unbranched alkanes of at least 4 members (excludes halogenated alkanes) is 4. The van der Waals surface area contributed by atoms with E-state index in [2.05, 4.69) is 64.5 Å². The van der Waals surface area contributed by atoms with Gasteiger partial charge in [0.05, 0.1) is 0 Å². The SMILES string of the molecule is CN=C(NCCCCCCCN(C)C)N1CCC(c2ccccc2)C1.I. The molecule has 1 aliphatic heterocycles. The first-order valence-corrected chi connectivity index (χ1v) is 9.86. The topological polar surface area (TPSA) is 30.9 Å². The number of hydrogen-bond acceptors (Lipinski definition) is 2. The van der Waals surface area contributed by atoms with Gasteiger partial charge in [-0.05, 0) is 45.5 Å². The second-order valence-electron chi connectivity index (χ2n) is 7.39. The number of aliphatic imine (C=N–C) groups is 1. The molecule has 0 amide bonds. The number of nitrogens with one attached hydrogen (secondary N) is 1. The minimum Gasteiger partial charge on any atom is -0.356 e. The Morgan fingerprint density at radius 1 is 1.12 bits per heavy atom. The Balaban J connectivity index is 0.00000338. The van der Waals surface area contributed by atoms with Crippen molar-refractivity contribution in [3.8, 4) is 0 Å². The Kier molecular flexibility index (Phi) is 11.9. The highest BCUT2D eigenvalue weighted by Gasteiger charge is 2.25. The number of benzene rings is 1. The molecule has 1 N–H and O–H groups in total. The van der Waals surface area contributed by atoms with Gasteiger partial charge in [0.15, 0.2) is 5.96 Å². The van der Waals surface area contributed by atoms with Gasteiger partial charge in [0.25, 0.3) is 0 Å². The van der Waals surface area contributed by atoms with Gasteiger partial charge in [-0.2, -0.15) is 0 Å². The van der Waals surface area contributed by atoms with Gasteiger partial charge < -0.3 is 15.1 Å². The van der Waals surface area contributed by atoms with Crippen molar-refractivity contribution in [2.24, 2.45) is 4.99 Å². The predicted octanol–water partition coefficient (Wildman–Crippen LogP) is 4.18. The minimum absolute atomic E-state index is 0. The van der Waals surface area contributed by atoms with E-state index in [1.807, 2.05) is 7.05 Å². The first-order chi connectivity index (χ1) is 12.2. The van der Waals surface area contributed by atoms with Crippen molar-refractivity contribution in [1.82, 2.24) is 15.1 Å². The van der Waals surface area contributed by atoms with Gasteiger partial charge in [0, 0.05) is 32.6 Å². The fourth-order valence-corrected chi connectivity index (χ4v) is 3.57. The van der Waals surface area contributed by atoms with Gasteiger partial charge >= 0.3 is 0 Å². The van der Waals surface area contributed by atoms with Gasteiger partial charge in [-0.25, -0.2) is 0 Å². The Labute approximate surface area is 177 Å². The molecule has 0 spiro atoms. The predicted molar refractivity (Wildman–Crippen MR) is 124 cm³/mol. The molecule has 5 heteroatoms. The zero-order valence-corrected chi connectivity index (χ0v) is 19.1. The highest BCUT2D eigenvalue weighted by Crippen LogP contribution is 2.26. The van der Waals surface area contributed by atoms with Crippen molar-refractivity contribution in [2.75, 3.05) is 47.3 Å². The first kappa shape index (κ1) is 23.2. The summed E-state index contributed by atoms with van der Waals surface area (Å²) in [6, 6.07) is 10.9. The van der Waals surface area contributed by atoms with E-state index in [9.17, 15) is 0 Å². The number of hydrogen-bond donors (Lipinski definition) is 1. The number of rotatable bonds is 9. The van der Waals surface area contributed by atoms with Crippen LogP contribution in [0, 0.1) is 0 Å². The van der Waals surface area contributed by atoms with Crippen LogP contribution < -0.4 is 5.32 Å². The number of likely N-dealkylation sites (tertiary alicyclic amines) is 1. The average molecular weight is 472 g/mol. The van der Waals surface area contributed by atoms with E-state index < -0.39 is 0 Å². The van der Waals surface area contributed by atoms with Gasteiger partial charge in [0.2, 0.25) is 0 Å². The van der Waals surface area contributed by atoms with Crippen molar-refractivity contribution in [3.05, 3.63) is 35.9 Å². The second kappa shape index (κ2) is 13.4. The molecule has 0 saturated carbocycles. The maximum absolute atomic E-state index is 4.49. The first-order valence-electron chi connectivity index (χ1n) is 9.86. The van der Waals surface area contributed by atoms with E-state index in [1.54, 1.807) is 0 Å². The molecule has 0 bridgehead atoms. The van der Waals surface area contributed by atoms with E-state index in [0.29, 0.717) is 5.92 Å². The summed E-state index contributed by atoms with van der Waals surface area (Å²) < 4.78 is 0. The third-order valence-electron chi connectivity index (χ3n) is 5.04. The summed E-state index contributed by atoms with van der Waals surface area (Å²) in [5.74, 6) is 1.71. The zero-order chi connectivity index (χ0) is 17.9. The van der Waals surface area contributed by atoms with Crippen LogP contribution in [0.5, 0.6) is 0 Å². The zero-order valence-electron chi connectivity index (χ0n) is 16.8. The molecule has 4 nitrogen and oxygen atoms in total. The lowest BCUT2D eigenvalue weighted by atomic mass is 9.99. The summed E-state index contributed by atoms with van der Waals surface area (Å²) in [5, 5.41) is 3.56. The van der Waals surface area contributed by atoms with Crippen LogP contribution in [0.4, 0.5) is 0 Å². The van der Waals surface area contributed by atoms with Crippen molar-refractivity contribution >= 4 is 29.9 Å². The van der Waals surface area contributed by atoms with Crippen LogP contribution in [-0.2, 0) is 0 Å². The monoisotopic (exact) mass is 472 g/mol. The van der Waals surface area contributed by atoms with E-state index >= 15 is 0 Å². The molecule has 2 rings (SSSR count). The number of nitrogens with zero attached hydrogens (tertiary/aromatic N) is 3. The molecule has 0 aromatic heterocycles. The molecule has 148 valence electrons. The van der Waals surface area contributed by atoms with E-state index in [4.69, 9.17) is 0 Å². The van der Waals surface area contributed by atoms with Crippen molar-refractivity contribution in [1.29, 1.82) is 0 Å². The van der Waals surface area contributed by atoms with Crippen molar-refractivity contribution in [2.45, 2.75) is 44.4 Å². The third kappa shape index (κ3) is 8.25. The number of guanidine groups is 1. The van der Waals surface area contributed by atoms with Crippen molar-refractivity contribution < 1.29 is 0 Å². The molecule has 1 saturated heterocycles. The van der Waals surface area contributed by atoms with Crippen molar-refractivity contribution in [3.63, 3.8) is 0 Å². The molecular formula is C21H37IN4. The molecule has 0 radical (unpaired) electrons. The van der Waals surface area contributed by atoms with E-state index in [1.165, 1.54) is 50.6 Å². The lowest BCUT2D eigenvalue weighted by Gasteiger charge is -2.22. The normalized spacial score (nSPS) is 17.5. The highest BCUT2D eigenvalue weighted by molar-refractivity contribution is 14.0. The quantitative estimate of drug-likeness (QED) is 0.253. The summed E-state index contributed by atoms with van der Waals surface area (Å²) >= 11 is 0. The van der Waals surface area contributed by atoms with Gasteiger partial charge in [-0.1, -0.05) is 49.6 Å². The lowest BCUT2D eigenvalue weighted by molar-refractivity contribution is 0.389. The third-order valence-corrected chi connectivity index (χ3v) is 5.04. The van der Waals surface area contributed by atoms with Crippen LogP contribution in [0.3, 0.4) is 0 Å². The maximum Gasteiger partial charge on any atom is 0.193 e. The molecule has 1 aromatic carbocycles. The summed E-state index contributed by atoms with van der Waals surface area (Å²) in [4.78, 5) is 9.17. The van der Waals surface area contributed by atoms with E-state index in [-0.39, 0.29) is 24.0 Å². The number of halogens is 1. The molecule has 1 fully saturated rings. The van der Waals surface area contributed by atoms with Crippen LogP contribution >= 0.6 is 24.0 Å². The van der Waals surface area contributed by atoms with Gasteiger partial charge in [-0.15, -0.1) is 24.0 Å². The van der Waals surface area contributed by atoms with Crippen LogP contribution in [-0.4, -0.2) is 63.1 Å². The van der Waals surface area contributed by atoms with Crippen LogP contribution in [0.1, 0.15) is 50.0 Å². The average Bonchev–Trinajstić information content (AvgIpc) is 3.11. The fourth-order valence-electron chi connectivity index (χ4n) is 3.57. The molecular weight excluding hydrogens is 435 g/mol. The molecule has 1 aromatic rings. The summed E-state index contributed by atoms with van der Waals surface area (Å²) in [6.07, 6.45) is 7.76. The minimum atomic E-state index is 0. The highest BCUT2D eigenvalue weighted by atomic mass is 127. The Morgan fingerprint density at radius 2 is 1.81 bits per heavy atom. The molecule has 1 heterocycles. The lowest BCUT2D eigenvalue weighted by Crippen LogP contribution is -2.40. The molecule has 1 atom stereocenters. The maximum atomic E-state index is 4.49. The Hall–Kier alpha value is -0.820. The Morgan fingerprint density at radius 3 is 2.50 bits per heavy atom. The second-order valence-corrected chi connectivity index (χ2v) is 7.39. The van der Waals surface area contributed by atoms with Crippen LogP contribution in [0.15, 0.2) is 35.3 Å². The standard InChI is InChI=1S/C21H36N4.HI/c1-22-21(23-15-10-5-4-6-11-16-24(2)3)25-17-14-20(18-25)19-12-8-7-9-13-19;/h7-9,12-13,20H,4-6,10-11,14-18H2,1-3H3,(H,22,23);1H. The van der Waals surface area contributed by atoms with Gasteiger partial charge in [0.1, 0.15) is 0 Å². The summed E-state index contributed by atoms with van der Waals surface area (Å²) in [6.45, 7) is 4.42. The fraction of sp³-hybridized carbons (Fsp3) is 0.667. The van der Waals surface area contributed by atoms with Gasteiger partial charge in [-0.3, -0.25) is 4.99 Å². The molecule has 0 aliphatic carbocycles.